The van der Waals surface area contributed by atoms with Crippen LogP contribution in [0, 0.1) is 17.8 Å². The van der Waals surface area contributed by atoms with Crippen LogP contribution < -0.4 is 11.3 Å². The summed E-state index contributed by atoms with van der Waals surface area (Å²) >= 11 is 0. The zero-order valence-corrected chi connectivity index (χ0v) is 13.0. The smallest absolute Gasteiger partial charge is 0.0253 e. The predicted molar refractivity (Wildman–Crippen MR) is 86.8 cm³/mol. The minimum atomic E-state index is 0.453. The first-order valence-electron chi connectivity index (χ1n) is 8.88. The Balaban J connectivity index is 1.40. The Hall–Kier alpha value is -0.860. The SMILES string of the molecule is NNC(Cc1ccc2c(c1)CCC2)CC1CC2CCC1C2. The molecule has 0 radical (unpaired) electrons. The second-order valence-corrected chi connectivity index (χ2v) is 7.69. The van der Waals surface area contributed by atoms with Gasteiger partial charge < -0.3 is 0 Å². The van der Waals surface area contributed by atoms with Crippen LogP contribution in [0.5, 0.6) is 0 Å². The van der Waals surface area contributed by atoms with E-state index in [1.807, 2.05) is 0 Å². The van der Waals surface area contributed by atoms with Gasteiger partial charge in [0.25, 0.3) is 0 Å². The summed E-state index contributed by atoms with van der Waals surface area (Å²) in [6.07, 6.45) is 12.2. The number of aryl methyl sites for hydroxylation is 2. The number of nitrogens with one attached hydrogen (secondary N) is 1. The molecule has 2 fully saturated rings. The molecule has 2 bridgehead atoms. The van der Waals surface area contributed by atoms with E-state index in [1.165, 1.54) is 56.9 Å². The van der Waals surface area contributed by atoms with E-state index in [2.05, 4.69) is 23.6 Å². The van der Waals surface area contributed by atoms with E-state index >= 15 is 0 Å². The van der Waals surface area contributed by atoms with Crippen LogP contribution in [0.4, 0.5) is 0 Å². The third kappa shape index (κ3) is 2.76. The molecule has 3 aliphatic rings. The van der Waals surface area contributed by atoms with Gasteiger partial charge in [0.15, 0.2) is 0 Å². The van der Waals surface area contributed by atoms with E-state index in [4.69, 9.17) is 5.84 Å². The van der Waals surface area contributed by atoms with Crippen molar-refractivity contribution < 1.29 is 0 Å². The molecule has 1 aromatic carbocycles. The zero-order valence-electron chi connectivity index (χ0n) is 13.0. The second-order valence-electron chi connectivity index (χ2n) is 7.69. The number of hydrogen-bond acceptors (Lipinski definition) is 2. The maximum atomic E-state index is 5.86. The molecule has 0 heterocycles. The summed E-state index contributed by atoms with van der Waals surface area (Å²) in [7, 11) is 0. The summed E-state index contributed by atoms with van der Waals surface area (Å²) in [6, 6.07) is 7.57. The average molecular weight is 284 g/mol. The Labute approximate surface area is 128 Å². The van der Waals surface area contributed by atoms with Gasteiger partial charge in [-0.2, -0.15) is 0 Å². The molecule has 0 amide bonds. The monoisotopic (exact) mass is 284 g/mol. The maximum Gasteiger partial charge on any atom is 0.0253 e. The number of hydrogen-bond donors (Lipinski definition) is 2. The molecule has 0 aromatic heterocycles. The lowest BCUT2D eigenvalue weighted by atomic mass is 9.83. The van der Waals surface area contributed by atoms with Crippen molar-refractivity contribution >= 4 is 0 Å². The Bertz CT molecular complexity index is 510. The van der Waals surface area contributed by atoms with Crippen LogP contribution in [0.1, 0.15) is 55.2 Å². The molecule has 4 rings (SSSR count). The second kappa shape index (κ2) is 5.73. The summed E-state index contributed by atoms with van der Waals surface area (Å²) in [4.78, 5) is 0. The van der Waals surface area contributed by atoms with Crippen molar-refractivity contribution in [3.63, 3.8) is 0 Å². The molecule has 3 N–H and O–H groups in total. The number of rotatable bonds is 5. The maximum absolute atomic E-state index is 5.86. The zero-order chi connectivity index (χ0) is 14.2. The van der Waals surface area contributed by atoms with Crippen molar-refractivity contribution in [1.82, 2.24) is 5.43 Å². The van der Waals surface area contributed by atoms with Crippen LogP contribution >= 0.6 is 0 Å². The van der Waals surface area contributed by atoms with Crippen LogP contribution in [0.2, 0.25) is 0 Å². The highest BCUT2D eigenvalue weighted by molar-refractivity contribution is 5.35. The van der Waals surface area contributed by atoms with Crippen molar-refractivity contribution in [2.75, 3.05) is 0 Å². The highest BCUT2D eigenvalue weighted by Gasteiger charge is 2.39. The van der Waals surface area contributed by atoms with Crippen molar-refractivity contribution in [3.8, 4) is 0 Å². The van der Waals surface area contributed by atoms with Crippen molar-refractivity contribution in [2.45, 2.75) is 63.8 Å². The van der Waals surface area contributed by atoms with E-state index in [9.17, 15) is 0 Å². The van der Waals surface area contributed by atoms with E-state index in [1.54, 1.807) is 11.1 Å². The summed E-state index contributed by atoms with van der Waals surface area (Å²) in [6.45, 7) is 0. The van der Waals surface area contributed by atoms with Crippen molar-refractivity contribution in [3.05, 3.63) is 34.9 Å². The van der Waals surface area contributed by atoms with Gasteiger partial charge in [0, 0.05) is 6.04 Å². The van der Waals surface area contributed by atoms with E-state index in [0.29, 0.717) is 6.04 Å². The van der Waals surface area contributed by atoms with Gasteiger partial charge in [0.05, 0.1) is 0 Å². The first kappa shape index (κ1) is 13.8. The van der Waals surface area contributed by atoms with Gasteiger partial charge in [0.1, 0.15) is 0 Å². The van der Waals surface area contributed by atoms with Gasteiger partial charge in [-0.1, -0.05) is 24.6 Å². The highest BCUT2D eigenvalue weighted by atomic mass is 15.2. The molecule has 1 aromatic rings. The molecule has 114 valence electrons. The Morgan fingerprint density at radius 1 is 1.14 bits per heavy atom. The Morgan fingerprint density at radius 3 is 2.81 bits per heavy atom. The molecular weight excluding hydrogens is 256 g/mol. The fraction of sp³-hybridized carbons (Fsp3) is 0.684. The third-order valence-electron chi connectivity index (χ3n) is 6.35. The van der Waals surface area contributed by atoms with Gasteiger partial charge in [-0.15, -0.1) is 0 Å². The molecule has 0 saturated heterocycles. The lowest BCUT2D eigenvalue weighted by Gasteiger charge is -2.26. The van der Waals surface area contributed by atoms with Gasteiger partial charge in [-0.3, -0.25) is 11.3 Å². The topological polar surface area (TPSA) is 38.0 Å². The standard InChI is InChI=1S/C19H28N2/c20-21-19(12-18-10-13-5-7-17(18)8-13)11-14-4-6-15-2-1-3-16(15)9-14/h4,6,9,13,17-19,21H,1-3,5,7-8,10-12,20H2. The summed E-state index contributed by atoms with van der Waals surface area (Å²) in [5.41, 5.74) is 7.74. The van der Waals surface area contributed by atoms with Crippen LogP contribution in [0.3, 0.4) is 0 Å². The molecule has 0 aliphatic heterocycles. The third-order valence-corrected chi connectivity index (χ3v) is 6.35. The molecule has 2 heteroatoms. The largest absolute Gasteiger partial charge is 0.271 e. The van der Waals surface area contributed by atoms with E-state index in [-0.39, 0.29) is 0 Å². The molecule has 4 atom stereocenters. The van der Waals surface area contributed by atoms with Crippen LogP contribution in [-0.4, -0.2) is 6.04 Å². The van der Waals surface area contributed by atoms with E-state index < -0.39 is 0 Å². The number of fused-ring (bicyclic) bond motifs is 3. The Kier molecular flexibility index (Phi) is 3.76. The molecule has 21 heavy (non-hydrogen) atoms. The summed E-state index contributed by atoms with van der Waals surface area (Å²) in [5.74, 6) is 8.84. The normalized spacial score (nSPS) is 31.6. The molecule has 3 aliphatic carbocycles. The molecule has 4 unspecified atom stereocenters. The predicted octanol–water partition coefficient (Wildman–Crippen LogP) is 3.38. The minimum Gasteiger partial charge on any atom is -0.271 e. The first-order chi connectivity index (χ1) is 10.3. The van der Waals surface area contributed by atoms with Crippen molar-refractivity contribution in [1.29, 1.82) is 0 Å². The Morgan fingerprint density at radius 2 is 2.05 bits per heavy atom. The van der Waals surface area contributed by atoms with E-state index in [0.717, 1.165) is 24.2 Å². The highest BCUT2D eigenvalue weighted by Crippen LogP contribution is 2.49. The minimum absolute atomic E-state index is 0.453. The average Bonchev–Trinajstić information content (AvgIpc) is 3.22. The lowest BCUT2D eigenvalue weighted by Crippen LogP contribution is -2.39. The number of nitrogens with two attached hydrogens (primary N) is 1. The molecule has 2 saturated carbocycles. The summed E-state index contributed by atoms with van der Waals surface area (Å²) < 4.78 is 0. The summed E-state index contributed by atoms with van der Waals surface area (Å²) in [5, 5.41) is 0. The van der Waals surface area contributed by atoms with Gasteiger partial charge in [0.2, 0.25) is 0 Å². The quantitative estimate of drug-likeness (QED) is 0.642. The number of hydrazine groups is 1. The fourth-order valence-electron chi connectivity index (χ4n) is 5.28. The van der Waals surface area contributed by atoms with Gasteiger partial charge in [-0.25, -0.2) is 0 Å². The van der Waals surface area contributed by atoms with Gasteiger partial charge >= 0.3 is 0 Å². The van der Waals surface area contributed by atoms with Crippen LogP contribution in [0.15, 0.2) is 18.2 Å². The van der Waals surface area contributed by atoms with Gasteiger partial charge in [-0.05, 0) is 85.8 Å². The lowest BCUT2D eigenvalue weighted by molar-refractivity contribution is 0.277. The van der Waals surface area contributed by atoms with Crippen LogP contribution in [0.25, 0.3) is 0 Å². The molecular formula is C19H28N2. The first-order valence-corrected chi connectivity index (χ1v) is 8.88. The molecule has 2 nitrogen and oxygen atoms in total. The van der Waals surface area contributed by atoms with Crippen molar-refractivity contribution in [2.24, 2.45) is 23.6 Å². The fourth-order valence-corrected chi connectivity index (χ4v) is 5.28. The van der Waals surface area contributed by atoms with Crippen LogP contribution in [-0.2, 0) is 19.3 Å². The molecule has 0 spiro atoms. The number of benzene rings is 1.